The van der Waals surface area contributed by atoms with Crippen LogP contribution in [-0.4, -0.2) is 17.4 Å². The first-order valence-corrected chi connectivity index (χ1v) is 5.86. The molecule has 90 valence electrons. The topological polar surface area (TPSA) is 43.4 Å². The van der Waals surface area contributed by atoms with E-state index < -0.39 is 11.0 Å². The van der Waals surface area contributed by atoms with Crippen molar-refractivity contribution in [3.8, 4) is 0 Å². The highest BCUT2D eigenvalue weighted by Gasteiger charge is 2.71. The Morgan fingerprint density at radius 3 is 2.19 bits per heavy atom. The first-order chi connectivity index (χ1) is 7.09. The standard InChI is InChI=1S/C13H20O3/c1-11(2,3)8-6-13(8)9(14)7-12(4,5)16-10(13)15/h8H,6-7H2,1-5H3. The number of cyclic esters (lactones) is 1. The number of Topliss-reactive ketones (excluding diaryl/α,β-unsaturated/α-hetero) is 1. The highest BCUT2D eigenvalue weighted by atomic mass is 16.6. The number of esters is 1. The van der Waals surface area contributed by atoms with E-state index in [0.29, 0.717) is 12.8 Å². The van der Waals surface area contributed by atoms with E-state index in [0.717, 1.165) is 0 Å². The van der Waals surface area contributed by atoms with Gasteiger partial charge < -0.3 is 4.74 Å². The van der Waals surface area contributed by atoms with Crippen LogP contribution in [0.1, 0.15) is 47.5 Å². The van der Waals surface area contributed by atoms with Gasteiger partial charge in [0.05, 0.1) is 0 Å². The average molecular weight is 224 g/mol. The minimum absolute atomic E-state index is 0.00381. The molecule has 1 saturated heterocycles. The van der Waals surface area contributed by atoms with Crippen molar-refractivity contribution < 1.29 is 14.3 Å². The molecular weight excluding hydrogens is 204 g/mol. The number of hydrogen-bond donors (Lipinski definition) is 0. The SMILES string of the molecule is CC1(C)CC(=O)C2(CC2C(C)(C)C)C(=O)O1. The lowest BCUT2D eigenvalue weighted by Crippen LogP contribution is -2.47. The lowest BCUT2D eigenvalue weighted by atomic mass is 9.79. The van der Waals surface area contributed by atoms with E-state index in [1.165, 1.54) is 0 Å². The zero-order chi connectivity index (χ0) is 12.4. The quantitative estimate of drug-likeness (QED) is 0.468. The summed E-state index contributed by atoms with van der Waals surface area (Å²) in [5.74, 6) is -0.0709. The van der Waals surface area contributed by atoms with Crippen LogP contribution in [0, 0.1) is 16.7 Å². The van der Waals surface area contributed by atoms with Crippen LogP contribution in [0.15, 0.2) is 0 Å². The fraction of sp³-hybridized carbons (Fsp3) is 0.846. The molecule has 1 heterocycles. The molecule has 3 nitrogen and oxygen atoms in total. The van der Waals surface area contributed by atoms with Crippen LogP contribution in [0.3, 0.4) is 0 Å². The van der Waals surface area contributed by atoms with Gasteiger partial charge in [0.1, 0.15) is 11.0 Å². The third kappa shape index (κ3) is 1.48. The third-order valence-corrected chi connectivity index (χ3v) is 3.82. The second-order valence-electron chi connectivity index (χ2n) is 6.84. The molecule has 0 amide bonds. The number of ether oxygens (including phenoxy) is 1. The lowest BCUT2D eigenvalue weighted by Gasteiger charge is -2.35. The van der Waals surface area contributed by atoms with Crippen molar-refractivity contribution in [2.24, 2.45) is 16.7 Å². The smallest absolute Gasteiger partial charge is 0.320 e. The molecule has 0 N–H and O–H groups in total. The molecule has 0 aromatic rings. The fourth-order valence-electron chi connectivity index (χ4n) is 2.88. The summed E-state index contributed by atoms with van der Waals surface area (Å²) in [7, 11) is 0. The number of carbonyl (C=O) groups is 2. The maximum absolute atomic E-state index is 12.2. The molecule has 2 aliphatic rings. The molecule has 0 bridgehead atoms. The van der Waals surface area contributed by atoms with Crippen LogP contribution in [0.25, 0.3) is 0 Å². The molecule has 16 heavy (non-hydrogen) atoms. The van der Waals surface area contributed by atoms with Crippen LogP contribution in [0.5, 0.6) is 0 Å². The summed E-state index contributed by atoms with van der Waals surface area (Å²) in [6.45, 7) is 9.82. The Balaban J connectivity index is 2.27. The van der Waals surface area contributed by atoms with E-state index >= 15 is 0 Å². The van der Waals surface area contributed by atoms with Gasteiger partial charge in [0, 0.05) is 6.42 Å². The van der Waals surface area contributed by atoms with Gasteiger partial charge in [-0.05, 0) is 31.6 Å². The lowest BCUT2D eigenvalue weighted by molar-refractivity contribution is -0.177. The first kappa shape index (κ1) is 11.6. The second kappa shape index (κ2) is 2.88. The summed E-state index contributed by atoms with van der Waals surface area (Å²) in [6, 6.07) is 0. The van der Waals surface area contributed by atoms with Gasteiger partial charge in [0.2, 0.25) is 0 Å². The Bertz CT molecular complexity index is 340. The van der Waals surface area contributed by atoms with Crippen molar-refractivity contribution in [1.29, 1.82) is 0 Å². The molecule has 1 spiro atoms. The molecule has 1 aliphatic heterocycles. The van der Waals surface area contributed by atoms with Gasteiger partial charge in [-0.2, -0.15) is 0 Å². The molecule has 2 atom stereocenters. The van der Waals surface area contributed by atoms with Gasteiger partial charge in [-0.25, -0.2) is 0 Å². The van der Waals surface area contributed by atoms with Gasteiger partial charge in [-0.1, -0.05) is 20.8 Å². The van der Waals surface area contributed by atoms with E-state index in [1.54, 1.807) is 13.8 Å². The van der Waals surface area contributed by atoms with Crippen LogP contribution >= 0.6 is 0 Å². The Morgan fingerprint density at radius 2 is 1.81 bits per heavy atom. The third-order valence-electron chi connectivity index (χ3n) is 3.82. The van der Waals surface area contributed by atoms with Crippen LogP contribution in [0.2, 0.25) is 0 Å². The molecule has 3 heteroatoms. The maximum atomic E-state index is 12.2. The van der Waals surface area contributed by atoms with Crippen molar-refractivity contribution in [2.45, 2.75) is 53.1 Å². The summed E-state index contributed by atoms with van der Waals surface area (Å²) in [6.07, 6.45) is 1.02. The summed E-state index contributed by atoms with van der Waals surface area (Å²) >= 11 is 0. The molecule has 2 rings (SSSR count). The van der Waals surface area contributed by atoms with Crippen molar-refractivity contribution in [3.63, 3.8) is 0 Å². The second-order valence-corrected chi connectivity index (χ2v) is 6.84. The summed E-state index contributed by atoms with van der Waals surface area (Å²) < 4.78 is 5.39. The van der Waals surface area contributed by atoms with E-state index in [-0.39, 0.29) is 23.1 Å². The van der Waals surface area contributed by atoms with E-state index in [2.05, 4.69) is 20.8 Å². The van der Waals surface area contributed by atoms with Crippen LogP contribution in [-0.2, 0) is 14.3 Å². The van der Waals surface area contributed by atoms with Gasteiger partial charge >= 0.3 is 5.97 Å². The van der Waals surface area contributed by atoms with Crippen molar-refractivity contribution >= 4 is 11.8 Å². The zero-order valence-corrected chi connectivity index (χ0v) is 10.7. The van der Waals surface area contributed by atoms with E-state index in [1.807, 2.05) is 0 Å². The van der Waals surface area contributed by atoms with Crippen molar-refractivity contribution in [2.75, 3.05) is 0 Å². The van der Waals surface area contributed by atoms with Gasteiger partial charge in [-0.3, -0.25) is 9.59 Å². The fourth-order valence-corrected chi connectivity index (χ4v) is 2.88. The molecule has 0 radical (unpaired) electrons. The Morgan fingerprint density at radius 1 is 1.25 bits per heavy atom. The molecular formula is C13H20O3. The van der Waals surface area contributed by atoms with Gasteiger partial charge in [0.25, 0.3) is 0 Å². The number of ketones is 1. The highest BCUT2D eigenvalue weighted by Crippen LogP contribution is 2.64. The minimum Gasteiger partial charge on any atom is -0.458 e. The number of carbonyl (C=O) groups excluding carboxylic acids is 2. The van der Waals surface area contributed by atoms with Gasteiger partial charge in [-0.15, -0.1) is 0 Å². The first-order valence-electron chi connectivity index (χ1n) is 5.86. The molecule has 1 saturated carbocycles. The molecule has 2 fully saturated rings. The summed E-state index contributed by atoms with van der Waals surface area (Å²) in [5, 5.41) is 0. The minimum atomic E-state index is -0.798. The summed E-state index contributed by atoms with van der Waals surface area (Å²) in [4.78, 5) is 24.2. The van der Waals surface area contributed by atoms with Crippen molar-refractivity contribution in [1.82, 2.24) is 0 Å². The zero-order valence-electron chi connectivity index (χ0n) is 10.7. The Hall–Kier alpha value is -0.860. The highest BCUT2D eigenvalue weighted by molar-refractivity contribution is 6.09. The predicted octanol–water partition coefficient (Wildman–Crippen LogP) is 2.33. The molecule has 0 aromatic heterocycles. The normalized spacial score (nSPS) is 37.4. The maximum Gasteiger partial charge on any atom is 0.320 e. The van der Waals surface area contributed by atoms with E-state index in [4.69, 9.17) is 4.74 Å². The molecule has 1 aliphatic carbocycles. The Labute approximate surface area is 96.5 Å². The molecule has 2 unspecified atom stereocenters. The number of hydrogen-bond acceptors (Lipinski definition) is 3. The predicted molar refractivity (Wildman–Crippen MR) is 59.8 cm³/mol. The molecule has 0 aromatic carbocycles. The van der Waals surface area contributed by atoms with E-state index in [9.17, 15) is 9.59 Å². The van der Waals surface area contributed by atoms with Crippen LogP contribution in [0.4, 0.5) is 0 Å². The average Bonchev–Trinajstić information content (AvgIpc) is 2.72. The Kier molecular flexibility index (Phi) is 2.09. The summed E-state index contributed by atoms with van der Waals surface area (Å²) in [5.41, 5.74) is -1.42. The van der Waals surface area contributed by atoms with Crippen LogP contribution < -0.4 is 0 Å². The monoisotopic (exact) mass is 224 g/mol. The van der Waals surface area contributed by atoms with Crippen molar-refractivity contribution in [3.05, 3.63) is 0 Å². The largest absolute Gasteiger partial charge is 0.458 e. The van der Waals surface area contributed by atoms with Gasteiger partial charge in [0.15, 0.2) is 5.78 Å². The number of rotatable bonds is 0.